The topological polar surface area (TPSA) is 40.6 Å². The van der Waals surface area contributed by atoms with Crippen LogP contribution in [0.3, 0.4) is 0 Å². The van der Waals surface area contributed by atoms with Gasteiger partial charge in [0, 0.05) is 33.1 Å². The van der Waals surface area contributed by atoms with Crippen LogP contribution in [-0.2, 0) is 16.0 Å². The summed E-state index contributed by atoms with van der Waals surface area (Å²) in [6.45, 7) is 3.50. The Morgan fingerprint density at radius 1 is 1.00 bits per heavy atom. The van der Waals surface area contributed by atoms with E-state index in [-0.39, 0.29) is 17.7 Å². The van der Waals surface area contributed by atoms with Gasteiger partial charge in [0.05, 0.1) is 5.41 Å². The van der Waals surface area contributed by atoms with Crippen molar-refractivity contribution in [3.8, 4) is 11.1 Å². The Hall–Kier alpha value is -2.62. The number of hydrogen-bond acceptors (Lipinski definition) is 2. The summed E-state index contributed by atoms with van der Waals surface area (Å²) in [5.74, 6) is 1.20. The van der Waals surface area contributed by atoms with Crippen molar-refractivity contribution in [2.24, 2.45) is 17.3 Å². The highest BCUT2D eigenvalue weighted by Gasteiger charge is 2.47. The summed E-state index contributed by atoms with van der Waals surface area (Å²) in [5.41, 5.74) is 3.11. The summed E-state index contributed by atoms with van der Waals surface area (Å²) >= 11 is 0. The second-order valence-electron chi connectivity index (χ2n) is 9.32. The van der Waals surface area contributed by atoms with Gasteiger partial charge in [-0.2, -0.15) is 0 Å². The Bertz CT molecular complexity index is 914. The minimum Gasteiger partial charge on any atom is -0.348 e. The molecule has 1 aliphatic heterocycles. The molecule has 1 saturated heterocycles. The minimum absolute atomic E-state index is 0.178. The van der Waals surface area contributed by atoms with Crippen LogP contribution >= 0.6 is 0 Å². The van der Waals surface area contributed by atoms with E-state index in [1.807, 2.05) is 25.1 Å². The molecule has 0 unspecified atom stereocenters. The largest absolute Gasteiger partial charge is 0.348 e. The van der Waals surface area contributed by atoms with E-state index >= 15 is 0 Å². The number of hydrogen-bond donors (Lipinski definition) is 0. The van der Waals surface area contributed by atoms with Gasteiger partial charge in [-0.3, -0.25) is 9.59 Å². The number of carbonyl (C=O) groups excluding carboxylic acids is 2. The van der Waals surface area contributed by atoms with Crippen LogP contribution in [0.25, 0.3) is 11.1 Å². The lowest BCUT2D eigenvalue weighted by molar-refractivity contribution is -0.146. The molecule has 2 aliphatic rings. The second kappa shape index (κ2) is 8.25. The molecule has 0 bridgehead atoms. The molecule has 0 aromatic heterocycles. The van der Waals surface area contributed by atoms with Crippen molar-refractivity contribution in [2.75, 3.05) is 27.2 Å². The van der Waals surface area contributed by atoms with Gasteiger partial charge in [-0.15, -0.1) is 0 Å². The first-order valence-electron chi connectivity index (χ1n) is 11.1. The molecule has 30 heavy (non-hydrogen) atoms. The Labute approximate surface area is 179 Å². The van der Waals surface area contributed by atoms with Crippen LogP contribution in [0.4, 0.5) is 0 Å². The van der Waals surface area contributed by atoms with Crippen molar-refractivity contribution in [3.05, 3.63) is 60.2 Å². The van der Waals surface area contributed by atoms with Crippen LogP contribution in [0.1, 0.15) is 31.7 Å². The van der Waals surface area contributed by atoms with Crippen LogP contribution < -0.4 is 0 Å². The number of piperidine rings is 1. The first-order chi connectivity index (χ1) is 14.4. The first-order valence-corrected chi connectivity index (χ1v) is 11.1. The Morgan fingerprint density at radius 2 is 1.60 bits per heavy atom. The zero-order chi connectivity index (χ0) is 21.3. The Balaban J connectivity index is 1.59. The SMILES string of the molecule is C[C@H]1C[C@H]1C(=O)N1CCC(Cc2ccccc2-c2ccccc2)(C(=O)N(C)C)CC1. The highest BCUT2D eigenvalue weighted by Crippen LogP contribution is 2.43. The van der Waals surface area contributed by atoms with Gasteiger partial charge in [-0.05, 0) is 48.3 Å². The monoisotopic (exact) mass is 404 g/mol. The van der Waals surface area contributed by atoms with E-state index in [9.17, 15) is 9.59 Å². The molecule has 2 aromatic carbocycles. The molecule has 4 rings (SSSR count). The average Bonchev–Trinajstić information content (AvgIpc) is 3.50. The summed E-state index contributed by atoms with van der Waals surface area (Å²) in [5, 5.41) is 0. The van der Waals surface area contributed by atoms with Gasteiger partial charge in [0.15, 0.2) is 0 Å². The fourth-order valence-electron chi connectivity index (χ4n) is 4.93. The van der Waals surface area contributed by atoms with Crippen molar-refractivity contribution in [1.82, 2.24) is 9.80 Å². The number of benzene rings is 2. The molecule has 0 N–H and O–H groups in total. The first kappa shape index (κ1) is 20.6. The fourth-order valence-corrected chi connectivity index (χ4v) is 4.93. The van der Waals surface area contributed by atoms with Crippen molar-refractivity contribution in [2.45, 2.75) is 32.6 Å². The average molecular weight is 405 g/mol. The van der Waals surface area contributed by atoms with Gasteiger partial charge in [-0.25, -0.2) is 0 Å². The maximum absolute atomic E-state index is 13.4. The van der Waals surface area contributed by atoms with Gasteiger partial charge in [0.25, 0.3) is 0 Å². The van der Waals surface area contributed by atoms with Crippen LogP contribution in [0, 0.1) is 17.3 Å². The van der Waals surface area contributed by atoms with E-state index in [2.05, 4.69) is 55.5 Å². The van der Waals surface area contributed by atoms with Crippen LogP contribution in [-0.4, -0.2) is 48.8 Å². The van der Waals surface area contributed by atoms with E-state index in [1.54, 1.807) is 4.90 Å². The minimum atomic E-state index is -0.458. The highest BCUT2D eigenvalue weighted by atomic mass is 16.2. The molecule has 1 heterocycles. The zero-order valence-electron chi connectivity index (χ0n) is 18.3. The maximum atomic E-state index is 13.4. The smallest absolute Gasteiger partial charge is 0.228 e. The molecule has 4 nitrogen and oxygen atoms in total. The summed E-state index contributed by atoms with van der Waals surface area (Å²) in [6.07, 6.45) is 3.17. The molecule has 4 heteroatoms. The second-order valence-corrected chi connectivity index (χ2v) is 9.32. The molecule has 2 aromatic rings. The molecule has 2 fully saturated rings. The number of rotatable bonds is 5. The standard InChI is InChI=1S/C26H32N2O2/c1-19-17-23(19)24(29)28-15-13-26(14-16-28,25(30)27(2)3)18-21-11-7-8-12-22(21)20-9-5-4-6-10-20/h4-12,19,23H,13-18H2,1-3H3/t19-,23+/m0/s1. The van der Waals surface area contributed by atoms with Crippen LogP contribution in [0.15, 0.2) is 54.6 Å². The molecular formula is C26H32N2O2. The van der Waals surface area contributed by atoms with Crippen LogP contribution in [0.5, 0.6) is 0 Å². The summed E-state index contributed by atoms with van der Waals surface area (Å²) in [7, 11) is 3.69. The van der Waals surface area contributed by atoms with Crippen molar-refractivity contribution in [1.29, 1.82) is 0 Å². The number of nitrogens with zero attached hydrogens (tertiary/aromatic N) is 2. The molecule has 1 saturated carbocycles. The van der Waals surface area contributed by atoms with Gasteiger partial charge in [-0.1, -0.05) is 61.5 Å². The quantitative estimate of drug-likeness (QED) is 0.748. The molecule has 1 aliphatic carbocycles. The lowest BCUT2D eigenvalue weighted by Crippen LogP contribution is -2.51. The summed E-state index contributed by atoms with van der Waals surface area (Å²) in [6, 6.07) is 18.8. The highest BCUT2D eigenvalue weighted by molar-refractivity contribution is 5.85. The summed E-state index contributed by atoms with van der Waals surface area (Å²) < 4.78 is 0. The van der Waals surface area contributed by atoms with Gasteiger partial charge >= 0.3 is 0 Å². The summed E-state index contributed by atoms with van der Waals surface area (Å²) in [4.78, 5) is 29.8. The van der Waals surface area contributed by atoms with E-state index in [0.717, 1.165) is 19.3 Å². The normalized spacial score (nSPS) is 22.4. The Morgan fingerprint density at radius 3 is 2.20 bits per heavy atom. The van der Waals surface area contributed by atoms with Crippen LogP contribution in [0.2, 0.25) is 0 Å². The third-order valence-electron chi connectivity index (χ3n) is 6.95. The van der Waals surface area contributed by atoms with E-state index in [4.69, 9.17) is 0 Å². The number of amides is 2. The number of likely N-dealkylation sites (tertiary alicyclic amines) is 1. The molecule has 0 radical (unpaired) electrons. The fraction of sp³-hybridized carbons (Fsp3) is 0.462. The van der Waals surface area contributed by atoms with E-state index in [1.165, 1.54) is 16.7 Å². The third kappa shape index (κ3) is 4.00. The predicted molar refractivity (Wildman–Crippen MR) is 120 cm³/mol. The maximum Gasteiger partial charge on any atom is 0.228 e. The van der Waals surface area contributed by atoms with E-state index < -0.39 is 5.41 Å². The molecular weight excluding hydrogens is 372 g/mol. The van der Waals surface area contributed by atoms with Crippen molar-refractivity contribution in [3.63, 3.8) is 0 Å². The van der Waals surface area contributed by atoms with Gasteiger partial charge in [0.1, 0.15) is 0 Å². The van der Waals surface area contributed by atoms with Gasteiger partial charge in [0.2, 0.25) is 11.8 Å². The predicted octanol–water partition coefficient (Wildman–Crippen LogP) is 4.25. The lowest BCUT2D eigenvalue weighted by atomic mass is 9.71. The molecule has 0 spiro atoms. The Kier molecular flexibility index (Phi) is 5.68. The van der Waals surface area contributed by atoms with Crippen molar-refractivity contribution < 1.29 is 9.59 Å². The lowest BCUT2D eigenvalue weighted by Gasteiger charge is -2.42. The van der Waals surface area contributed by atoms with Gasteiger partial charge < -0.3 is 9.80 Å². The zero-order valence-corrected chi connectivity index (χ0v) is 18.3. The molecule has 2 amide bonds. The third-order valence-corrected chi connectivity index (χ3v) is 6.95. The van der Waals surface area contributed by atoms with Crippen molar-refractivity contribution >= 4 is 11.8 Å². The van der Waals surface area contributed by atoms with E-state index in [0.29, 0.717) is 25.4 Å². The number of carbonyl (C=O) groups is 2. The molecule has 2 atom stereocenters. The molecule has 158 valence electrons.